The van der Waals surface area contributed by atoms with Crippen LogP contribution >= 0.6 is 0 Å². The lowest BCUT2D eigenvalue weighted by molar-refractivity contribution is 0.0889. The van der Waals surface area contributed by atoms with E-state index in [1.54, 1.807) is 12.1 Å². The Bertz CT molecular complexity index is 1020. The van der Waals surface area contributed by atoms with Crippen molar-refractivity contribution >= 4 is 16.7 Å². The predicted molar refractivity (Wildman–Crippen MR) is 98.8 cm³/mol. The van der Waals surface area contributed by atoms with E-state index in [0.717, 1.165) is 30.2 Å². The maximum Gasteiger partial charge on any atom is 0.268 e. The predicted octanol–water partition coefficient (Wildman–Crippen LogP) is 3.51. The van der Waals surface area contributed by atoms with Crippen molar-refractivity contribution in [1.82, 2.24) is 10.3 Å². The smallest absolute Gasteiger partial charge is 0.268 e. The molecule has 0 saturated heterocycles. The van der Waals surface area contributed by atoms with Crippen LogP contribution < -0.4 is 10.9 Å². The van der Waals surface area contributed by atoms with Crippen molar-refractivity contribution in [1.29, 1.82) is 0 Å². The topological polar surface area (TPSA) is 62.0 Å². The van der Waals surface area contributed by atoms with E-state index < -0.39 is 5.54 Å². The van der Waals surface area contributed by atoms with Crippen LogP contribution in [0.15, 0.2) is 59.4 Å². The highest BCUT2D eigenvalue weighted by Crippen LogP contribution is 2.35. The normalized spacial score (nSPS) is 19.4. The number of fused-ring (bicyclic) bond motifs is 2. The first-order valence-corrected chi connectivity index (χ1v) is 8.60. The van der Waals surface area contributed by atoms with Crippen molar-refractivity contribution in [3.8, 4) is 0 Å². The number of H-pyrrole nitrogens is 1. The van der Waals surface area contributed by atoms with Crippen LogP contribution in [0.3, 0.4) is 0 Å². The first kappa shape index (κ1) is 15.6. The summed E-state index contributed by atoms with van der Waals surface area (Å²) < 4.78 is 0. The SMILES string of the molecule is CC1(NC(=O)c2cc3ccccc3c(=O)[nH]2)CCCc2ccccc21. The Labute approximate surface area is 145 Å². The molecule has 4 rings (SSSR count). The van der Waals surface area contributed by atoms with Gasteiger partial charge in [-0.3, -0.25) is 9.59 Å². The van der Waals surface area contributed by atoms with Crippen molar-refractivity contribution < 1.29 is 4.79 Å². The highest BCUT2D eigenvalue weighted by atomic mass is 16.2. The third kappa shape index (κ3) is 2.74. The van der Waals surface area contributed by atoms with Gasteiger partial charge in [0.05, 0.1) is 5.54 Å². The number of hydrogen-bond acceptors (Lipinski definition) is 2. The molecule has 4 nitrogen and oxygen atoms in total. The molecule has 0 bridgehead atoms. The van der Waals surface area contributed by atoms with E-state index in [1.807, 2.05) is 30.3 Å². The third-order valence-electron chi connectivity index (χ3n) is 5.12. The maximum atomic E-state index is 12.8. The monoisotopic (exact) mass is 332 g/mol. The molecule has 1 amide bonds. The summed E-state index contributed by atoms with van der Waals surface area (Å²) in [6, 6.07) is 17.3. The van der Waals surface area contributed by atoms with Gasteiger partial charge in [0.2, 0.25) is 0 Å². The van der Waals surface area contributed by atoms with Crippen LogP contribution in [0.4, 0.5) is 0 Å². The van der Waals surface area contributed by atoms with Gasteiger partial charge >= 0.3 is 0 Å². The lowest BCUT2D eigenvalue weighted by Crippen LogP contribution is -2.46. The second-order valence-corrected chi connectivity index (χ2v) is 6.90. The van der Waals surface area contributed by atoms with Gasteiger partial charge in [0.15, 0.2) is 0 Å². The molecule has 2 N–H and O–H groups in total. The number of aromatic amines is 1. The zero-order valence-electron chi connectivity index (χ0n) is 14.1. The number of amides is 1. The molecule has 0 aliphatic heterocycles. The molecule has 2 aromatic carbocycles. The van der Waals surface area contributed by atoms with E-state index >= 15 is 0 Å². The molecule has 3 aromatic rings. The molecule has 1 unspecified atom stereocenters. The fraction of sp³-hybridized carbons (Fsp3) is 0.238. The van der Waals surface area contributed by atoms with Crippen molar-refractivity contribution in [2.75, 3.05) is 0 Å². The van der Waals surface area contributed by atoms with Gasteiger partial charge in [-0.2, -0.15) is 0 Å². The van der Waals surface area contributed by atoms with Gasteiger partial charge in [-0.25, -0.2) is 0 Å². The molecule has 1 aromatic heterocycles. The lowest BCUT2D eigenvalue weighted by atomic mass is 9.77. The summed E-state index contributed by atoms with van der Waals surface area (Å²) in [6.45, 7) is 2.06. The fourth-order valence-electron chi connectivity index (χ4n) is 3.82. The van der Waals surface area contributed by atoms with Gasteiger partial charge in [0.1, 0.15) is 5.69 Å². The van der Waals surface area contributed by atoms with Crippen molar-refractivity contribution in [3.63, 3.8) is 0 Å². The molecule has 0 radical (unpaired) electrons. The number of aryl methyl sites for hydroxylation is 1. The average Bonchev–Trinajstić information content (AvgIpc) is 2.62. The van der Waals surface area contributed by atoms with E-state index in [0.29, 0.717) is 11.1 Å². The number of pyridine rings is 1. The summed E-state index contributed by atoms with van der Waals surface area (Å²) in [7, 11) is 0. The first-order valence-electron chi connectivity index (χ1n) is 8.60. The van der Waals surface area contributed by atoms with Crippen molar-refractivity contribution in [2.45, 2.75) is 31.7 Å². The standard InChI is InChI=1S/C21H20N2O2/c1-21(12-6-9-14-7-3-5-11-17(14)21)23-20(25)18-13-15-8-2-4-10-16(15)19(24)22-18/h2-5,7-8,10-11,13H,6,9,12H2,1H3,(H,22,24)(H,23,25). The largest absolute Gasteiger partial charge is 0.342 e. The Hall–Kier alpha value is -2.88. The van der Waals surface area contributed by atoms with E-state index in [-0.39, 0.29) is 11.5 Å². The van der Waals surface area contributed by atoms with Crippen LogP contribution in [0.2, 0.25) is 0 Å². The minimum Gasteiger partial charge on any atom is -0.342 e. The van der Waals surface area contributed by atoms with E-state index in [2.05, 4.69) is 29.4 Å². The Balaban J connectivity index is 1.70. The second-order valence-electron chi connectivity index (χ2n) is 6.90. The minimum absolute atomic E-state index is 0.238. The molecule has 0 spiro atoms. The lowest BCUT2D eigenvalue weighted by Gasteiger charge is -2.36. The summed E-state index contributed by atoms with van der Waals surface area (Å²) in [4.78, 5) is 27.8. The van der Waals surface area contributed by atoms with E-state index in [9.17, 15) is 9.59 Å². The van der Waals surface area contributed by atoms with E-state index in [4.69, 9.17) is 0 Å². The molecule has 0 saturated carbocycles. The highest BCUT2D eigenvalue weighted by molar-refractivity contribution is 5.96. The third-order valence-corrected chi connectivity index (χ3v) is 5.12. The minimum atomic E-state index is -0.422. The quantitative estimate of drug-likeness (QED) is 0.754. The van der Waals surface area contributed by atoms with Gasteiger partial charge in [-0.05, 0) is 54.8 Å². The number of benzene rings is 2. The zero-order chi connectivity index (χ0) is 17.4. The van der Waals surface area contributed by atoms with Crippen LogP contribution in [0.5, 0.6) is 0 Å². The Kier molecular flexibility index (Phi) is 3.68. The summed E-state index contributed by atoms with van der Waals surface area (Å²) in [5.41, 5.74) is 2.08. The molecule has 1 atom stereocenters. The molecule has 1 aliphatic rings. The molecule has 1 aliphatic carbocycles. The molecule has 25 heavy (non-hydrogen) atoms. The number of nitrogens with one attached hydrogen (secondary N) is 2. The molecule has 0 fully saturated rings. The zero-order valence-corrected chi connectivity index (χ0v) is 14.1. The summed E-state index contributed by atoms with van der Waals surface area (Å²) in [5, 5.41) is 4.51. The Morgan fingerprint density at radius 2 is 1.88 bits per heavy atom. The Morgan fingerprint density at radius 3 is 2.76 bits per heavy atom. The van der Waals surface area contributed by atoms with Crippen LogP contribution in [-0.4, -0.2) is 10.9 Å². The van der Waals surface area contributed by atoms with Crippen LogP contribution in [0.25, 0.3) is 10.8 Å². The van der Waals surface area contributed by atoms with Crippen LogP contribution in [-0.2, 0) is 12.0 Å². The fourth-order valence-corrected chi connectivity index (χ4v) is 3.82. The first-order chi connectivity index (χ1) is 12.1. The second kappa shape index (κ2) is 5.88. The number of carbonyl (C=O) groups excluding carboxylic acids is 1. The highest BCUT2D eigenvalue weighted by Gasteiger charge is 2.33. The van der Waals surface area contributed by atoms with E-state index in [1.165, 1.54) is 5.56 Å². The summed E-state index contributed by atoms with van der Waals surface area (Å²) in [6.07, 6.45) is 2.95. The number of aromatic nitrogens is 1. The van der Waals surface area contributed by atoms with Gasteiger partial charge in [-0.15, -0.1) is 0 Å². The molecule has 4 heteroatoms. The Morgan fingerprint density at radius 1 is 1.12 bits per heavy atom. The molecular weight excluding hydrogens is 312 g/mol. The van der Waals surface area contributed by atoms with Gasteiger partial charge in [-0.1, -0.05) is 42.5 Å². The summed E-state index contributed by atoms with van der Waals surface area (Å²) >= 11 is 0. The maximum absolute atomic E-state index is 12.8. The number of carbonyl (C=O) groups is 1. The van der Waals surface area contributed by atoms with Gasteiger partial charge in [0, 0.05) is 5.39 Å². The van der Waals surface area contributed by atoms with Crippen molar-refractivity contribution in [2.24, 2.45) is 0 Å². The number of rotatable bonds is 2. The molecular formula is C21H20N2O2. The van der Waals surface area contributed by atoms with Gasteiger partial charge in [0.25, 0.3) is 11.5 Å². The number of hydrogen-bond donors (Lipinski definition) is 2. The van der Waals surface area contributed by atoms with Crippen molar-refractivity contribution in [3.05, 3.63) is 81.8 Å². The van der Waals surface area contributed by atoms with Crippen LogP contribution in [0.1, 0.15) is 41.4 Å². The summed E-state index contributed by atoms with van der Waals surface area (Å²) in [5.74, 6) is -0.248. The molecule has 126 valence electrons. The van der Waals surface area contributed by atoms with Gasteiger partial charge < -0.3 is 10.3 Å². The molecule has 1 heterocycles. The van der Waals surface area contributed by atoms with Crippen LogP contribution in [0, 0.1) is 0 Å². The average molecular weight is 332 g/mol.